The van der Waals surface area contributed by atoms with Gasteiger partial charge in [0.15, 0.2) is 5.58 Å². The average Bonchev–Trinajstić information content (AvgIpc) is 2.77. The number of benzene rings is 1. The summed E-state index contributed by atoms with van der Waals surface area (Å²) in [4.78, 5) is 10.7. The lowest BCUT2D eigenvalue weighted by Gasteiger charge is -2.13. The summed E-state index contributed by atoms with van der Waals surface area (Å²) in [5.41, 5.74) is 0.0340. The third-order valence-corrected chi connectivity index (χ3v) is 5.43. The molecular weight excluding hydrogens is 329 g/mol. The number of carboxylic acid groups (broad SMARTS) is 1. The molecule has 1 heterocycles. The number of sulfonamides is 1. The molecule has 0 bridgehead atoms. The standard InChI is InChI=1S/C11H9Cl2NO5S/c1-14(2)20(17,18)7-4-5-3-6(11(15)16)19-10(5)9(13)8(7)12/h3-4H,1-2H3,(H,15,16). The van der Waals surface area contributed by atoms with Gasteiger partial charge in [0.1, 0.15) is 9.92 Å². The molecular formula is C11H9Cl2NO5S. The summed E-state index contributed by atoms with van der Waals surface area (Å²) in [7, 11) is -1.11. The van der Waals surface area contributed by atoms with Gasteiger partial charge in [-0.2, -0.15) is 0 Å². The van der Waals surface area contributed by atoms with Gasteiger partial charge in [-0.05, 0) is 12.1 Å². The minimum atomic E-state index is -3.80. The van der Waals surface area contributed by atoms with Crippen molar-refractivity contribution in [3.05, 3.63) is 27.9 Å². The van der Waals surface area contributed by atoms with E-state index in [1.54, 1.807) is 0 Å². The van der Waals surface area contributed by atoms with E-state index in [9.17, 15) is 13.2 Å². The maximum atomic E-state index is 12.1. The van der Waals surface area contributed by atoms with Crippen molar-refractivity contribution in [3.63, 3.8) is 0 Å². The van der Waals surface area contributed by atoms with Gasteiger partial charge in [0.2, 0.25) is 15.8 Å². The fourth-order valence-electron chi connectivity index (χ4n) is 1.59. The lowest BCUT2D eigenvalue weighted by molar-refractivity contribution is 0.0665. The topological polar surface area (TPSA) is 87.8 Å². The normalized spacial score (nSPS) is 12.2. The Kier molecular flexibility index (Phi) is 3.72. The summed E-state index contributed by atoms with van der Waals surface area (Å²) in [5.74, 6) is -1.64. The number of rotatable bonds is 3. The van der Waals surface area contributed by atoms with Crippen molar-refractivity contribution in [2.75, 3.05) is 14.1 Å². The molecule has 0 aliphatic rings. The molecule has 0 spiro atoms. The van der Waals surface area contributed by atoms with Gasteiger partial charge in [-0.3, -0.25) is 0 Å². The second kappa shape index (κ2) is 4.92. The number of hydrogen-bond donors (Lipinski definition) is 1. The van der Waals surface area contributed by atoms with E-state index in [0.717, 1.165) is 4.31 Å². The molecule has 2 aromatic rings. The van der Waals surface area contributed by atoms with Gasteiger partial charge in [-0.25, -0.2) is 17.5 Å². The Morgan fingerprint density at radius 1 is 1.25 bits per heavy atom. The van der Waals surface area contributed by atoms with Crippen LogP contribution in [-0.2, 0) is 10.0 Å². The summed E-state index contributed by atoms with van der Waals surface area (Å²) in [6.07, 6.45) is 0. The molecule has 20 heavy (non-hydrogen) atoms. The Balaban J connectivity index is 2.83. The van der Waals surface area contributed by atoms with E-state index in [2.05, 4.69) is 0 Å². The molecule has 0 atom stereocenters. The van der Waals surface area contributed by atoms with E-state index in [1.165, 1.54) is 26.2 Å². The highest BCUT2D eigenvalue weighted by Crippen LogP contribution is 2.38. The third kappa shape index (κ3) is 2.26. The number of aromatic carboxylic acids is 1. The molecule has 0 fully saturated rings. The van der Waals surface area contributed by atoms with E-state index in [4.69, 9.17) is 32.7 Å². The lowest BCUT2D eigenvalue weighted by Crippen LogP contribution is -2.22. The third-order valence-electron chi connectivity index (χ3n) is 2.63. The van der Waals surface area contributed by atoms with Gasteiger partial charge >= 0.3 is 5.97 Å². The minimum Gasteiger partial charge on any atom is -0.475 e. The zero-order valence-corrected chi connectivity index (χ0v) is 12.7. The van der Waals surface area contributed by atoms with E-state index >= 15 is 0 Å². The van der Waals surface area contributed by atoms with Crippen molar-refractivity contribution in [1.29, 1.82) is 0 Å². The second-order valence-corrected chi connectivity index (χ2v) is 7.00. The Labute approximate surface area is 124 Å². The van der Waals surface area contributed by atoms with Crippen LogP contribution in [0.25, 0.3) is 11.0 Å². The molecule has 0 saturated carbocycles. The molecule has 0 saturated heterocycles. The number of nitrogens with zero attached hydrogens (tertiary/aromatic N) is 1. The highest BCUT2D eigenvalue weighted by Gasteiger charge is 2.26. The molecule has 0 aliphatic heterocycles. The molecule has 0 unspecified atom stereocenters. The highest BCUT2D eigenvalue weighted by atomic mass is 35.5. The maximum Gasteiger partial charge on any atom is 0.371 e. The fraction of sp³-hybridized carbons (Fsp3) is 0.182. The number of carbonyl (C=O) groups is 1. The summed E-state index contributed by atoms with van der Waals surface area (Å²) < 4.78 is 30.3. The van der Waals surface area contributed by atoms with Crippen LogP contribution in [0.3, 0.4) is 0 Å². The number of carboxylic acids is 1. The average molecular weight is 338 g/mol. The quantitative estimate of drug-likeness (QED) is 0.930. The van der Waals surface area contributed by atoms with E-state index in [1.807, 2.05) is 0 Å². The first-order valence-electron chi connectivity index (χ1n) is 5.23. The number of furan rings is 1. The maximum absolute atomic E-state index is 12.1. The van der Waals surface area contributed by atoms with Crippen molar-refractivity contribution in [2.45, 2.75) is 4.90 Å². The molecule has 1 aromatic carbocycles. The fourth-order valence-corrected chi connectivity index (χ4v) is 3.32. The Morgan fingerprint density at radius 3 is 2.35 bits per heavy atom. The minimum absolute atomic E-state index is 0.0340. The molecule has 1 N–H and O–H groups in total. The summed E-state index contributed by atoms with van der Waals surface area (Å²) in [6, 6.07) is 2.42. The Hall–Kier alpha value is -1.28. The van der Waals surface area contributed by atoms with Crippen molar-refractivity contribution in [2.24, 2.45) is 0 Å². The van der Waals surface area contributed by atoms with E-state index in [-0.39, 0.29) is 31.7 Å². The van der Waals surface area contributed by atoms with Gasteiger partial charge in [-0.1, -0.05) is 23.2 Å². The van der Waals surface area contributed by atoms with Crippen LogP contribution >= 0.6 is 23.2 Å². The summed E-state index contributed by atoms with van der Waals surface area (Å²) >= 11 is 11.9. The van der Waals surface area contributed by atoms with Crippen LogP contribution in [0.15, 0.2) is 21.4 Å². The van der Waals surface area contributed by atoms with Crippen LogP contribution in [0.5, 0.6) is 0 Å². The molecule has 6 nitrogen and oxygen atoms in total. The SMILES string of the molecule is CN(C)S(=O)(=O)c1cc2cc(C(=O)O)oc2c(Cl)c1Cl. The van der Waals surface area contributed by atoms with Crippen molar-refractivity contribution in [3.8, 4) is 0 Å². The molecule has 108 valence electrons. The van der Waals surface area contributed by atoms with Gasteiger partial charge < -0.3 is 9.52 Å². The van der Waals surface area contributed by atoms with Crippen molar-refractivity contribution in [1.82, 2.24) is 4.31 Å². The zero-order chi connectivity index (χ0) is 15.2. The largest absolute Gasteiger partial charge is 0.475 e. The number of fused-ring (bicyclic) bond motifs is 1. The molecule has 2 rings (SSSR count). The molecule has 0 radical (unpaired) electrons. The molecule has 0 aliphatic carbocycles. The predicted octanol–water partition coefficient (Wildman–Crippen LogP) is 2.69. The van der Waals surface area contributed by atoms with Crippen molar-refractivity contribution < 1.29 is 22.7 Å². The number of halogens is 2. The Bertz CT molecular complexity index is 810. The lowest BCUT2D eigenvalue weighted by atomic mass is 10.2. The molecule has 9 heteroatoms. The van der Waals surface area contributed by atoms with Gasteiger partial charge in [-0.15, -0.1) is 0 Å². The van der Waals surface area contributed by atoms with E-state index in [0.29, 0.717) is 0 Å². The summed E-state index contributed by atoms with van der Waals surface area (Å²) in [6.45, 7) is 0. The van der Waals surface area contributed by atoms with Crippen LogP contribution < -0.4 is 0 Å². The first kappa shape index (κ1) is 15.1. The van der Waals surface area contributed by atoms with Crippen LogP contribution in [0.4, 0.5) is 0 Å². The van der Waals surface area contributed by atoms with Gasteiger partial charge in [0.25, 0.3) is 0 Å². The van der Waals surface area contributed by atoms with Crippen LogP contribution in [0.1, 0.15) is 10.6 Å². The predicted molar refractivity (Wildman–Crippen MR) is 74.1 cm³/mol. The van der Waals surface area contributed by atoms with E-state index < -0.39 is 16.0 Å². The number of hydrogen-bond acceptors (Lipinski definition) is 4. The monoisotopic (exact) mass is 337 g/mol. The molecule has 1 aromatic heterocycles. The van der Waals surface area contributed by atoms with Crippen LogP contribution in [0.2, 0.25) is 10.0 Å². The van der Waals surface area contributed by atoms with Crippen LogP contribution in [-0.4, -0.2) is 37.9 Å². The van der Waals surface area contributed by atoms with Gasteiger partial charge in [0, 0.05) is 19.5 Å². The second-order valence-electron chi connectivity index (χ2n) is 4.12. The van der Waals surface area contributed by atoms with Crippen LogP contribution in [0, 0.1) is 0 Å². The highest BCUT2D eigenvalue weighted by molar-refractivity contribution is 7.89. The summed E-state index contributed by atoms with van der Waals surface area (Å²) in [5, 5.41) is 8.76. The first-order valence-corrected chi connectivity index (χ1v) is 7.43. The smallest absolute Gasteiger partial charge is 0.371 e. The zero-order valence-electron chi connectivity index (χ0n) is 10.3. The van der Waals surface area contributed by atoms with Gasteiger partial charge in [0.05, 0.1) is 5.02 Å². The molecule has 0 amide bonds. The first-order chi connectivity index (χ1) is 9.16. The Morgan fingerprint density at radius 2 is 1.85 bits per heavy atom. The van der Waals surface area contributed by atoms with Crippen molar-refractivity contribution >= 4 is 50.2 Å².